The van der Waals surface area contributed by atoms with E-state index in [0.717, 1.165) is 0 Å². The fraction of sp³-hybridized carbons (Fsp3) is 0.167. The molecule has 0 aromatic carbocycles. The Labute approximate surface area is 45.5 Å². The van der Waals surface area contributed by atoms with Gasteiger partial charge in [0.2, 0.25) is 0 Å². The molecule has 0 amide bonds. The highest BCUT2D eigenvalue weighted by atomic mass is 14.6. The van der Waals surface area contributed by atoms with Gasteiger partial charge in [-0.05, 0) is 12.1 Å². The Hall–Kier alpha value is -0.850. The average molecular weight is 96.2 g/mol. The van der Waals surface area contributed by atoms with Gasteiger partial charge in [-0.25, -0.2) is 0 Å². The lowest BCUT2D eigenvalue weighted by atomic mass is 10.5. The molecule has 0 saturated heterocycles. The van der Waals surface area contributed by atoms with Crippen molar-refractivity contribution in [1.82, 2.24) is 4.98 Å². The summed E-state index contributed by atoms with van der Waals surface area (Å²) < 4.78 is 0. The van der Waals surface area contributed by atoms with Crippen molar-refractivity contribution >= 4 is 0 Å². The first-order chi connectivity index (χ1) is 3.00. The van der Waals surface area contributed by atoms with Gasteiger partial charge in [0.1, 0.15) is 0 Å². The minimum Gasteiger partial charge on any atom is -0.265 e. The first-order valence-corrected chi connectivity index (χ1v) is 1.85. The van der Waals surface area contributed by atoms with Crippen LogP contribution >= 0.6 is 0 Å². The highest BCUT2D eigenvalue weighted by Gasteiger charge is 1.58. The van der Waals surface area contributed by atoms with Crippen molar-refractivity contribution in [3.63, 3.8) is 0 Å². The maximum absolute atomic E-state index is 3.78. The molecule has 1 heterocycles. The third-order valence-corrected chi connectivity index (χ3v) is 0.566. The smallest absolute Gasteiger partial charge is 0.265 e. The zero-order chi connectivity index (χ0) is 4.24. The Morgan fingerprint density at radius 1 is 1.00 bits per heavy atom. The Balaban J connectivity index is 0. The van der Waals surface area contributed by atoms with Crippen molar-refractivity contribution in [2.24, 2.45) is 0 Å². The minimum atomic E-state index is 0. The second-order valence-corrected chi connectivity index (χ2v) is 1.02. The lowest BCUT2D eigenvalue weighted by Crippen LogP contribution is -1.58. The van der Waals surface area contributed by atoms with E-state index >= 15 is 0 Å². The van der Waals surface area contributed by atoms with E-state index in [-0.39, 0.29) is 8.85 Å². The quantitative estimate of drug-likeness (QED) is 0.480. The molecular formula is C6H10N+. The Kier molecular flexibility index (Phi) is 2.94. The van der Waals surface area contributed by atoms with Crippen molar-refractivity contribution in [1.29, 1.82) is 0 Å². The summed E-state index contributed by atoms with van der Waals surface area (Å²) in [5.41, 5.74) is 0. The van der Waals surface area contributed by atoms with Gasteiger partial charge in [0.05, 0.1) is 0 Å². The molecule has 0 radical (unpaired) electrons. The molecule has 0 aliphatic heterocycles. The molecule has 1 aromatic heterocycles. The van der Waals surface area contributed by atoms with Crippen LogP contribution in [0.25, 0.3) is 0 Å². The molecular weight excluding hydrogens is 86.1 g/mol. The maximum Gasteiger partial charge on any atom is 1.00 e. The highest BCUT2D eigenvalue weighted by Crippen LogP contribution is 1.73. The standard InChI is InChI=1S/C5H5N.CH4/c1-2-4-6-5-3-1;/h1-5H;1H4/p+1. The third kappa shape index (κ3) is 1.93. The number of hydrogen-bond acceptors (Lipinski definition) is 1. The molecule has 0 N–H and O–H groups in total. The molecule has 0 bridgehead atoms. The van der Waals surface area contributed by atoms with Crippen LogP contribution in [0.3, 0.4) is 0 Å². The number of aromatic nitrogens is 1. The van der Waals surface area contributed by atoms with Crippen molar-refractivity contribution < 1.29 is 1.43 Å². The molecule has 1 nitrogen and oxygen atoms in total. The molecule has 0 aliphatic carbocycles. The largest absolute Gasteiger partial charge is 1.00 e. The summed E-state index contributed by atoms with van der Waals surface area (Å²) in [6.45, 7) is 0. The van der Waals surface area contributed by atoms with Crippen molar-refractivity contribution in [2.45, 2.75) is 7.43 Å². The van der Waals surface area contributed by atoms with Gasteiger partial charge in [-0.15, -0.1) is 0 Å². The van der Waals surface area contributed by atoms with Crippen LogP contribution in [0.15, 0.2) is 30.6 Å². The van der Waals surface area contributed by atoms with E-state index in [9.17, 15) is 0 Å². The fourth-order valence-electron chi connectivity index (χ4n) is 0.313. The van der Waals surface area contributed by atoms with E-state index in [4.69, 9.17) is 0 Å². The predicted octanol–water partition coefficient (Wildman–Crippen LogP) is 1.83. The van der Waals surface area contributed by atoms with Crippen LogP contribution in [-0.4, -0.2) is 4.98 Å². The van der Waals surface area contributed by atoms with Crippen molar-refractivity contribution in [2.75, 3.05) is 0 Å². The molecule has 0 fully saturated rings. The molecule has 0 spiro atoms. The van der Waals surface area contributed by atoms with Crippen LogP contribution in [0.1, 0.15) is 8.85 Å². The van der Waals surface area contributed by atoms with E-state index < -0.39 is 0 Å². The zero-order valence-corrected chi connectivity index (χ0v) is 3.33. The summed E-state index contributed by atoms with van der Waals surface area (Å²) in [6, 6.07) is 5.72. The molecule has 1 aromatic rings. The van der Waals surface area contributed by atoms with Gasteiger partial charge in [0.25, 0.3) is 0 Å². The van der Waals surface area contributed by atoms with Gasteiger partial charge in [0, 0.05) is 12.4 Å². The first-order valence-electron chi connectivity index (χ1n) is 1.85. The second kappa shape index (κ2) is 3.34. The summed E-state index contributed by atoms with van der Waals surface area (Å²) in [5.74, 6) is 0. The fourth-order valence-corrected chi connectivity index (χ4v) is 0.313. The maximum atomic E-state index is 3.78. The SMILES string of the molecule is C.[H+].c1ccncc1. The van der Waals surface area contributed by atoms with E-state index in [1.165, 1.54) is 0 Å². The monoisotopic (exact) mass is 96.1 g/mol. The summed E-state index contributed by atoms with van der Waals surface area (Å²) in [7, 11) is 0. The third-order valence-electron chi connectivity index (χ3n) is 0.566. The summed E-state index contributed by atoms with van der Waals surface area (Å²) in [6.07, 6.45) is 3.50. The Morgan fingerprint density at radius 2 is 1.57 bits per heavy atom. The van der Waals surface area contributed by atoms with Crippen LogP contribution < -0.4 is 0 Å². The van der Waals surface area contributed by atoms with Gasteiger partial charge in [-0.3, -0.25) is 4.98 Å². The molecule has 38 valence electrons. The van der Waals surface area contributed by atoms with Crippen LogP contribution in [0.2, 0.25) is 0 Å². The second-order valence-electron chi connectivity index (χ2n) is 1.02. The molecule has 0 aliphatic rings. The Morgan fingerprint density at radius 3 is 1.71 bits per heavy atom. The van der Waals surface area contributed by atoms with Gasteiger partial charge in [-0.2, -0.15) is 0 Å². The zero-order valence-electron chi connectivity index (χ0n) is 4.33. The topological polar surface area (TPSA) is 12.9 Å². The lowest BCUT2D eigenvalue weighted by Gasteiger charge is -1.70. The molecule has 0 atom stereocenters. The van der Waals surface area contributed by atoms with E-state index in [1.807, 2.05) is 18.2 Å². The average Bonchev–Trinajstić information content (AvgIpc) is 1.72. The van der Waals surface area contributed by atoms with Gasteiger partial charge in [-0.1, -0.05) is 13.5 Å². The highest BCUT2D eigenvalue weighted by molar-refractivity contribution is 4.88. The normalized spacial score (nSPS) is 6.86. The lowest BCUT2D eigenvalue weighted by molar-refractivity contribution is 1.33. The molecule has 1 heteroatoms. The van der Waals surface area contributed by atoms with E-state index in [0.29, 0.717) is 0 Å². The number of pyridine rings is 1. The van der Waals surface area contributed by atoms with Crippen LogP contribution in [0.5, 0.6) is 0 Å². The van der Waals surface area contributed by atoms with Gasteiger partial charge < -0.3 is 0 Å². The van der Waals surface area contributed by atoms with Crippen molar-refractivity contribution in [3.05, 3.63) is 30.6 Å². The molecule has 0 unspecified atom stereocenters. The minimum absolute atomic E-state index is 0. The number of nitrogens with zero attached hydrogens (tertiary/aromatic N) is 1. The van der Waals surface area contributed by atoms with Gasteiger partial charge >= 0.3 is 1.43 Å². The van der Waals surface area contributed by atoms with Crippen LogP contribution in [0, 0.1) is 0 Å². The summed E-state index contributed by atoms with van der Waals surface area (Å²) in [5, 5.41) is 0. The molecule has 7 heavy (non-hydrogen) atoms. The predicted molar refractivity (Wildman–Crippen MR) is 32.1 cm³/mol. The van der Waals surface area contributed by atoms with E-state index in [1.54, 1.807) is 12.4 Å². The van der Waals surface area contributed by atoms with Crippen molar-refractivity contribution in [3.8, 4) is 0 Å². The summed E-state index contributed by atoms with van der Waals surface area (Å²) in [4.78, 5) is 3.78. The Bertz CT molecular complexity index is 80.5. The number of hydrogen-bond donors (Lipinski definition) is 0. The first kappa shape index (κ1) is 6.15. The van der Waals surface area contributed by atoms with Gasteiger partial charge in [0.15, 0.2) is 0 Å². The van der Waals surface area contributed by atoms with Crippen LogP contribution in [-0.2, 0) is 0 Å². The van der Waals surface area contributed by atoms with E-state index in [2.05, 4.69) is 4.98 Å². The summed E-state index contributed by atoms with van der Waals surface area (Å²) >= 11 is 0. The molecule has 1 rings (SSSR count). The number of rotatable bonds is 0. The molecule has 0 saturated carbocycles. The van der Waals surface area contributed by atoms with Crippen LogP contribution in [0.4, 0.5) is 0 Å².